The van der Waals surface area contributed by atoms with Gasteiger partial charge < -0.3 is 9.84 Å². The molecule has 0 bridgehead atoms. The highest BCUT2D eigenvalue weighted by Gasteiger charge is 2.43. The molecule has 2 rings (SSSR count). The molecule has 0 aromatic heterocycles. The van der Waals surface area contributed by atoms with E-state index < -0.39 is 11.6 Å². The minimum Gasteiger partial charge on any atom is -0.481 e. The fraction of sp³-hybridized carbons (Fsp3) is 0.562. The van der Waals surface area contributed by atoms with E-state index in [1.807, 2.05) is 6.92 Å². The number of carboxylic acids is 1. The molecule has 3 heteroatoms. The van der Waals surface area contributed by atoms with Gasteiger partial charge in [0.05, 0.1) is 13.0 Å². The summed E-state index contributed by atoms with van der Waals surface area (Å²) in [5, 5.41) is 9.12. The lowest BCUT2D eigenvalue weighted by molar-refractivity contribution is -0.176. The number of aryl methyl sites for hydroxylation is 1. The van der Waals surface area contributed by atoms with Gasteiger partial charge in [0.2, 0.25) is 0 Å². The second-order valence-corrected chi connectivity index (χ2v) is 6.44. The topological polar surface area (TPSA) is 46.5 Å². The first-order valence-corrected chi connectivity index (χ1v) is 6.72. The van der Waals surface area contributed by atoms with Crippen molar-refractivity contribution in [2.75, 3.05) is 6.61 Å². The Labute approximate surface area is 114 Å². The van der Waals surface area contributed by atoms with Gasteiger partial charge in [0.1, 0.15) is 5.60 Å². The lowest BCUT2D eigenvalue weighted by atomic mass is 9.77. The van der Waals surface area contributed by atoms with Crippen molar-refractivity contribution >= 4 is 5.97 Å². The molecular weight excluding hydrogens is 240 g/mol. The highest BCUT2D eigenvalue weighted by Crippen LogP contribution is 2.43. The van der Waals surface area contributed by atoms with Crippen LogP contribution in [0.15, 0.2) is 18.2 Å². The standard InChI is InChI=1S/C16H22O3/c1-11-5-6-12(15(2,3)4)9-13(11)16(7-8-19-16)10-14(17)18/h5-6,9H,7-8,10H2,1-4H3,(H,17,18). The average molecular weight is 262 g/mol. The van der Waals surface area contributed by atoms with Gasteiger partial charge in [-0.1, -0.05) is 39.0 Å². The van der Waals surface area contributed by atoms with Crippen LogP contribution < -0.4 is 0 Å². The quantitative estimate of drug-likeness (QED) is 0.908. The van der Waals surface area contributed by atoms with Crippen molar-refractivity contribution in [1.82, 2.24) is 0 Å². The van der Waals surface area contributed by atoms with Crippen molar-refractivity contribution in [3.05, 3.63) is 34.9 Å². The fourth-order valence-electron chi connectivity index (χ4n) is 2.62. The zero-order valence-corrected chi connectivity index (χ0v) is 12.1. The molecule has 0 saturated carbocycles. The smallest absolute Gasteiger partial charge is 0.306 e. The van der Waals surface area contributed by atoms with Crippen molar-refractivity contribution in [2.45, 2.75) is 51.6 Å². The number of ether oxygens (including phenoxy) is 1. The van der Waals surface area contributed by atoms with Gasteiger partial charge in [-0.05, 0) is 29.0 Å². The summed E-state index contributed by atoms with van der Waals surface area (Å²) in [6.45, 7) is 9.15. The molecule has 1 atom stereocenters. The molecule has 1 unspecified atom stereocenters. The van der Waals surface area contributed by atoms with E-state index in [1.165, 1.54) is 5.56 Å². The predicted octanol–water partition coefficient (Wildman–Crippen LogP) is 3.38. The molecule has 0 amide bonds. The van der Waals surface area contributed by atoms with Gasteiger partial charge in [-0.3, -0.25) is 4.79 Å². The van der Waals surface area contributed by atoms with Crippen molar-refractivity contribution in [1.29, 1.82) is 0 Å². The maximum atomic E-state index is 11.1. The van der Waals surface area contributed by atoms with E-state index in [1.54, 1.807) is 0 Å². The predicted molar refractivity (Wildman–Crippen MR) is 74.4 cm³/mol. The molecule has 3 nitrogen and oxygen atoms in total. The maximum absolute atomic E-state index is 11.1. The molecule has 1 saturated heterocycles. The summed E-state index contributed by atoms with van der Waals surface area (Å²) in [6, 6.07) is 6.31. The summed E-state index contributed by atoms with van der Waals surface area (Å²) >= 11 is 0. The minimum absolute atomic E-state index is 0.0431. The van der Waals surface area contributed by atoms with Crippen molar-refractivity contribution in [3.63, 3.8) is 0 Å². The van der Waals surface area contributed by atoms with Crippen LogP contribution in [0.4, 0.5) is 0 Å². The number of aliphatic carboxylic acids is 1. The highest BCUT2D eigenvalue weighted by molar-refractivity contribution is 5.69. The van der Waals surface area contributed by atoms with Crippen LogP contribution in [0, 0.1) is 6.92 Å². The monoisotopic (exact) mass is 262 g/mol. The molecule has 0 radical (unpaired) electrons. The molecule has 1 N–H and O–H groups in total. The minimum atomic E-state index is -0.805. The maximum Gasteiger partial charge on any atom is 0.306 e. The number of benzene rings is 1. The van der Waals surface area contributed by atoms with E-state index in [0.717, 1.165) is 17.5 Å². The summed E-state index contributed by atoms with van der Waals surface area (Å²) in [5.74, 6) is -0.805. The highest BCUT2D eigenvalue weighted by atomic mass is 16.5. The first-order chi connectivity index (χ1) is 8.74. The van der Waals surface area contributed by atoms with E-state index in [9.17, 15) is 4.79 Å². The van der Waals surface area contributed by atoms with Gasteiger partial charge in [0.25, 0.3) is 0 Å². The van der Waals surface area contributed by atoms with Crippen molar-refractivity contribution in [2.24, 2.45) is 0 Å². The number of rotatable bonds is 3. The Morgan fingerprint density at radius 3 is 2.47 bits per heavy atom. The molecule has 1 heterocycles. The lowest BCUT2D eigenvalue weighted by Crippen LogP contribution is -2.43. The Bertz CT molecular complexity index is 493. The molecule has 1 fully saturated rings. The third-order valence-corrected chi connectivity index (χ3v) is 3.92. The summed E-state index contributed by atoms with van der Waals surface area (Å²) in [7, 11) is 0. The zero-order valence-electron chi connectivity index (χ0n) is 12.1. The lowest BCUT2D eigenvalue weighted by Gasteiger charge is -2.42. The Balaban J connectivity index is 2.45. The number of carbonyl (C=O) groups is 1. The Kier molecular flexibility index (Phi) is 3.43. The molecule has 1 aliphatic heterocycles. The first kappa shape index (κ1) is 14.1. The largest absolute Gasteiger partial charge is 0.481 e. The van der Waals surface area contributed by atoms with E-state index in [2.05, 4.69) is 39.0 Å². The van der Waals surface area contributed by atoms with Crippen LogP contribution in [-0.4, -0.2) is 17.7 Å². The molecule has 1 aromatic carbocycles. The SMILES string of the molecule is Cc1ccc(C(C)(C)C)cc1C1(CC(=O)O)CCO1. The van der Waals surface area contributed by atoms with Crippen molar-refractivity contribution < 1.29 is 14.6 Å². The Morgan fingerprint density at radius 2 is 2.05 bits per heavy atom. The van der Waals surface area contributed by atoms with E-state index in [-0.39, 0.29) is 11.8 Å². The Morgan fingerprint density at radius 1 is 1.42 bits per heavy atom. The summed E-state index contributed by atoms with van der Waals surface area (Å²) in [4.78, 5) is 11.1. The van der Waals surface area contributed by atoms with Crippen molar-refractivity contribution in [3.8, 4) is 0 Å². The molecule has 1 aliphatic rings. The van der Waals surface area contributed by atoms with Crippen LogP contribution in [0.1, 0.15) is 50.3 Å². The van der Waals surface area contributed by atoms with Gasteiger partial charge in [-0.2, -0.15) is 0 Å². The van der Waals surface area contributed by atoms with Gasteiger partial charge in [-0.15, -0.1) is 0 Å². The number of hydrogen-bond donors (Lipinski definition) is 1. The molecule has 104 valence electrons. The molecular formula is C16H22O3. The zero-order chi connectivity index (χ0) is 14.3. The third-order valence-electron chi connectivity index (χ3n) is 3.92. The van der Waals surface area contributed by atoms with Crippen LogP contribution in [0.5, 0.6) is 0 Å². The second-order valence-electron chi connectivity index (χ2n) is 6.44. The molecule has 1 aromatic rings. The summed E-state index contributed by atoms with van der Waals surface area (Å²) in [5.41, 5.74) is 2.80. The molecule has 0 aliphatic carbocycles. The first-order valence-electron chi connectivity index (χ1n) is 6.72. The van der Waals surface area contributed by atoms with Crippen LogP contribution in [0.25, 0.3) is 0 Å². The number of hydrogen-bond acceptors (Lipinski definition) is 2. The van der Waals surface area contributed by atoms with Gasteiger partial charge >= 0.3 is 5.97 Å². The van der Waals surface area contributed by atoms with E-state index in [4.69, 9.17) is 9.84 Å². The van der Waals surface area contributed by atoms with Crippen LogP contribution >= 0.6 is 0 Å². The van der Waals surface area contributed by atoms with Crippen LogP contribution in [0.3, 0.4) is 0 Å². The fourth-order valence-corrected chi connectivity index (χ4v) is 2.62. The van der Waals surface area contributed by atoms with E-state index in [0.29, 0.717) is 6.61 Å². The summed E-state index contributed by atoms with van der Waals surface area (Å²) < 4.78 is 5.68. The van der Waals surface area contributed by atoms with Gasteiger partial charge in [-0.25, -0.2) is 0 Å². The molecule has 19 heavy (non-hydrogen) atoms. The second kappa shape index (κ2) is 4.64. The van der Waals surface area contributed by atoms with Gasteiger partial charge in [0.15, 0.2) is 0 Å². The summed E-state index contributed by atoms with van der Waals surface area (Å²) in [6.07, 6.45) is 0.829. The third kappa shape index (κ3) is 2.66. The van der Waals surface area contributed by atoms with E-state index >= 15 is 0 Å². The van der Waals surface area contributed by atoms with Gasteiger partial charge in [0, 0.05) is 6.42 Å². The Hall–Kier alpha value is -1.35. The van der Waals surface area contributed by atoms with Crippen LogP contribution in [-0.2, 0) is 20.5 Å². The van der Waals surface area contributed by atoms with Crippen LogP contribution in [0.2, 0.25) is 0 Å². The normalized spacial score (nSPS) is 22.9. The average Bonchev–Trinajstić information content (AvgIpc) is 2.22. The molecule has 0 spiro atoms. The number of carboxylic acid groups (broad SMARTS) is 1.